The first-order valence-electron chi connectivity index (χ1n) is 9.54. The lowest BCUT2D eigenvalue weighted by atomic mass is 10.1. The molecule has 29 heavy (non-hydrogen) atoms. The number of anilines is 2. The second-order valence-electron chi connectivity index (χ2n) is 7.32. The minimum absolute atomic E-state index is 0.0161. The van der Waals surface area contributed by atoms with Gasteiger partial charge in [0.25, 0.3) is 0 Å². The molecule has 8 heteroatoms. The van der Waals surface area contributed by atoms with E-state index in [2.05, 4.69) is 5.32 Å². The fourth-order valence-corrected chi connectivity index (χ4v) is 5.99. The average molecular weight is 431 g/mol. The second-order valence-corrected chi connectivity index (χ2v) is 10.6. The molecule has 4 rings (SSSR count). The number of sulfone groups is 1. The molecule has 2 aromatic rings. The van der Waals surface area contributed by atoms with Gasteiger partial charge in [-0.25, -0.2) is 8.42 Å². The largest absolute Gasteiger partial charge is 0.325 e. The summed E-state index contributed by atoms with van der Waals surface area (Å²) in [6.45, 7) is 1.97. The Labute approximate surface area is 174 Å². The summed E-state index contributed by atoms with van der Waals surface area (Å²) in [5, 5.41) is 2.76. The van der Waals surface area contributed by atoms with E-state index in [0.717, 1.165) is 22.6 Å². The van der Waals surface area contributed by atoms with Gasteiger partial charge in [0.05, 0.1) is 16.3 Å². The number of rotatable bonds is 4. The predicted molar refractivity (Wildman–Crippen MR) is 114 cm³/mol. The Kier molecular flexibility index (Phi) is 5.40. The van der Waals surface area contributed by atoms with E-state index in [1.807, 2.05) is 31.2 Å². The first kappa shape index (κ1) is 20.0. The monoisotopic (exact) mass is 430 g/mol. The molecule has 2 aliphatic heterocycles. The summed E-state index contributed by atoms with van der Waals surface area (Å²) in [6.07, 6.45) is 1.08. The minimum atomic E-state index is -3.65. The highest BCUT2D eigenvalue weighted by Gasteiger charge is 2.31. The van der Waals surface area contributed by atoms with Crippen LogP contribution in [0, 0.1) is 0 Å². The van der Waals surface area contributed by atoms with E-state index in [1.165, 1.54) is 17.8 Å². The SMILES string of the molecule is C[C@@H]1Cc2ccccc2N1C(=O)CCS(=O)(=O)c1ccc2c(c1)NC(=O)CCS2. The maximum atomic E-state index is 12.8. The van der Waals surface area contributed by atoms with Crippen molar-refractivity contribution >= 4 is 44.8 Å². The van der Waals surface area contributed by atoms with Crippen molar-refractivity contribution in [3.63, 3.8) is 0 Å². The number of para-hydroxylation sites is 1. The van der Waals surface area contributed by atoms with E-state index in [0.29, 0.717) is 17.9 Å². The summed E-state index contributed by atoms with van der Waals surface area (Å²) in [7, 11) is -3.65. The van der Waals surface area contributed by atoms with Gasteiger partial charge in [-0.2, -0.15) is 0 Å². The van der Waals surface area contributed by atoms with Crippen molar-refractivity contribution in [3.8, 4) is 0 Å². The standard InChI is InChI=1S/C21H22N2O4S2/c1-14-12-15-4-2-3-5-18(15)23(14)21(25)9-11-29(26,27)16-6-7-19-17(13-16)22-20(24)8-10-28-19/h2-7,13-14H,8-12H2,1H3,(H,22,24)/t14-/m1/s1. The summed E-state index contributed by atoms with van der Waals surface area (Å²) in [6, 6.07) is 12.5. The summed E-state index contributed by atoms with van der Waals surface area (Å²) in [4.78, 5) is 27.3. The molecule has 2 aromatic carbocycles. The van der Waals surface area contributed by atoms with Gasteiger partial charge < -0.3 is 10.2 Å². The van der Waals surface area contributed by atoms with Crippen molar-refractivity contribution in [2.75, 3.05) is 21.7 Å². The van der Waals surface area contributed by atoms with Crippen LogP contribution in [-0.4, -0.2) is 37.8 Å². The van der Waals surface area contributed by atoms with Crippen molar-refractivity contribution in [1.82, 2.24) is 0 Å². The molecule has 0 spiro atoms. The van der Waals surface area contributed by atoms with Gasteiger partial charge in [0.1, 0.15) is 0 Å². The van der Waals surface area contributed by atoms with Gasteiger partial charge in [-0.15, -0.1) is 11.8 Å². The Bertz CT molecular complexity index is 1080. The number of thioether (sulfide) groups is 1. The topological polar surface area (TPSA) is 83.6 Å². The molecule has 1 N–H and O–H groups in total. The maximum Gasteiger partial charge on any atom is 0.228 e. The molecule has 0 saturated carbocycles. The number of carbonyl (C=O) groups is 2. The molecule has 0 bridgehead atoms. The van der Waals surface area contributed by atoms with Crippen molar-refractivity contribution in [2.45, 2.75) is 42.0 Å². The fourth-order valence-electron chi connectivity index (χ4n) is 3.80. The zero-order chi connectivity index (χ0) is 20.6. The zero-order valence-corrected chi connectivity index (χ0v) is 17.7. The summed E-state index contributed by atoms with van der Waals surface area (Å²) >= 11 is 1.52. The van der Waals surface area contributed by atoms with Crippen molar-refractivity contribution in [1.29, 1.82) is 0 Å². The van der Waals surface area contributed by atoms with Crippen LogP contribution >= 0.6 is 11.8 Å². The normalized spacial score (nSPS) is 18.6. The molecule has 2 aliphatic rings. The third-order valence-corrected chi connectivity index (χ3v) is 8.02. The molecule has 1 atom stereocenters. The Hall–Kier alpha value is -2.32. The Balaban J connectivity index is 1.50. The lowest BCUT2D eigenvalue weighted by Crippen LogP contribution is -2.36. The molecule has 6 nitrogen and oxygen atoms in total. The number of hydrogen-bond acceptors (Lipinski definition) is 5. The number of amides is 2. The van der Waals surface area contributed by atoms with Crippen LogP contribution in [0.4, 0.5) is 11.4 Å². The zero-order valence-electron chi connectivity index (χ0n) is 16.1. The molecule has 2 amide bonds. The molecular formula is C21H22N2O4S2. The van der Waals surface area contributed by atoms with Gasteiger partial charge in [0, 0.05) is 35.2 Å². The molecule has 0 radical (unpaired) electrons. The average Bonchev–Trinajstić information content (AvgIpc) is 2.90. The van der Waals surface area contributed by atoms with Crippen LogP contribution in [0.15, 0.2) is 52.3 Å². The quantitative estimate of drug-likeness (QED) is 0.805. The lowest BCUT2D eigenvalue weighted by Gasteiger charge is -2.22. The highest BCUT2D eigenvalue weighted by atomic mass is 32.2. The highest BCUT2D eigenvalue weighted by molar-refractivity contribution is 7.99. The number of nitrogens with zero attached hydrogens (tertiary/aromatic N) is 1. The van der Waals surface area contributed by atoms with Crippen LogP contribution in [0.1, 0.15) is 25.3 Å². The third-order valence-electron chi connectivity index (χ3n) is 5.23. The van der Waals surface area contributed by atoms with Gasteiger partial charge >= 0.3 is 0 Å². The minimum Gasteiger partial charge on any atom is -0.325 e. The van der Waals surface area contributed by atoms with Gasteiger partial charge in [-0.05, 0) is 43.2 Å². The molecule has 0 aliphatic carbocycles. The molecule has 0 unspecified atom stereocenters. The van der Waals surface area contributed by atoms with E-state index in [1.54, 1.807) is 17.0 Å². The highest BCUT2D eigenvalue weighted by Crippen LogP contribution is 2.34. The Morgan fingerprint density at radius 3 is 2.86 bits per heavy atom. The molecule has 0 fully saturated rings. The number of benzene rings is 2. The van der Waals surface area contributed by atoms with E-state index in [9.17, 15) is 18.0 Å². The number of nitrogens with one attached hydrogen (secondary N) is 1. The number of carbonyl (C=O) groups excluding carboxylic acids is 2. The van der Waals surface area contributed by atoms with Crippen LogP contribution in [-0.2, 0) is 25.8 Å². The van der Waals surface area contributed by atoms with Gasteiger partial charge in [0.2, 0.25) is 11.8 Å². The van der Waals surface area contributed by atoms with Crippen LogP contribution < -0.4 is 10.2 Å². The van der Waals surface area contributed by atoms with Crippen molar-refractivity contribution < 1.29 is 18.0 Å². The Morgan fingerprint density at radius 1 is 1.24 bits per heavy atom. The molecule has 2 heterocycles. The van der Waals surface area contributed by atoms with E-state index < -0.39 is 9.84 Å². The van der Waals surface area contributed by atoms with E-state index in [4.69, 9.17) is 0 Å². The maximum absolute atomic E-state index is 12.8. The first-order chi connectivity index (χ1) is 13.8. The van der Waals surface area contributed by atoms with Crippen LogP contribution in [0.5, 0.6) is 0 Å². The summed E-state index contributed by atoms with van der Waals surface area (Å²) < 4.78 is 25.7. The molecule has 0 aromatic heterocycles. The van der Waals surface area contributed by atoms with Crippen LogP contribution in [0.2, 0.25) is 0 Å². The van der Waals surface area contributed by atoms with Gasteiger partial charge in [-0.3, -0.25) is 9.59 Å². The Morgan fingerprint density at radius 2 is 2.03 bits per heavy atom. The van der Waals surface area contributed by atoms with Crippen molar-refractivity contribution in [3.05, 3.63) is 48.0 Å². The molecule has 0 saturated heterocycles. The predicted octanol–water partition coefficient (Wildman–Crippen LogP) is 3.26. The smallest absolute Gasteiger partial charge is 0.228 e. The van der Waals surface area contributed by atoms with Crippen LogP contribution in [0.3, 0.4) is 0 Å². The van der Waals surface area contributed by atoms with E-state index >= 15 is 0 Å². The summed E-state index contributed by atoms with van der Waals surface area (Å²) in [5.74, 6) is 0.0822. The fraction of sp³-hybridized carbons (Fsp3) is 0.333. The first-order valence-corrected chi connectivity index (χ1v) is 12.2. The summed E-state index contributed by atoms with van der Waals surface area (Å²) in [5.41, 5.74) is 2.49. The molecular weight excluding hydrogens is 408 g/mol. The second kappa shape index (κ2) is 7.84. The lowest BCUT2D eigenvalue weighted by molar-refractivity contribution is -0.118. The van der Waals surface area contributed by atoms with Gasteiger partial charge in [-0.1, -0.05) is 18.2 Å². The number of fused-ring (bicyclic) bond motifs is 2. The molecule has 152 valence electrons. The van der Waals surface area contributed by atoms with Crippen molar-refractivity contribution in [2.24, 2.45) is 0 Å². The van der Waals surface area contributed by atoms with E-state index in [-0.39, 0.29) is 34.9 Å². The third kappa shape index (κ3) is 4.04. The number of hydrogen-bond donors (Lipinski definition) is 1. The van der Waals surface area contributed by atoms with Crippen LogP contribution in [0.25, 0.3) is 0 Å². The van der Waals surface area contributed by atoms with Gasteiger partial charge in [0.15, 0.2) is 9.84 Å².